The molecule has 0 radical (unpaired) electrons. The summed E-state index contributed by atoms with van der Waals surface area (Å²) in [6.07, 6.45) is 2.53. The number of nitrogens with one attached hydrogen (secondary N) is 2. The molecule has 25 heavy (non-hydrogen) atoms. The zero-order valence-electron chi connectivity index (χ0n) is 14.2. The molecule has 1 fully saturated rings. The third-order valence-corrected chi connectivity index (χ3v) is 5.63. The second-order valence-electron chi connectivity index (χ2n) is 6.27. The number of sulfonamides is 1. The second kappa shape index (κ2) is 6.97. The molecule has 134 valence electrons. The highest BCUT2D eigenvalue weighted by Gasteiger charge is 2.28. The number of nitrogens with zero attached hydrogens (tertiary/aromatic N) is 1. The van der Waals surface area contributed by atoms with E-state index in [0.717, 1.165) is 24.1 Å². The molecule has 1 aromatic carbocycles. The van der Waals surface area contributed by atoms with Crippen molar-refractivity contribution in [3.8, 4) is 0 Å². The number of amides is 1. The van der Waals surface area contributed by atoms with Gasteiger partial charge in [-0.1, -0.05) is 11.2 Å². The van der Waals surface area contributed by atoms with Gasteiger partial charge >= 0.3 is 0 Å². The van der Waals surface area contributed by atoms with Crippen molar-refractivity contribution >= 4 is 21.6 Å². The first-order chi connectivity index (χ1) is 11.8. The first kappa shape index (κ1) is 17.6. The smallest absolute Gasteiger partial charge is 0.240 e. The van der Waals surface area contributed by atoms with Crippen molar-refractivity contribution in [2.24, 2.45) is 0 Å². The number of benzene rings is 1. The van der Waals surface area contributed by atoms with Gasteiger partial charge in [-0.3, -0.25) is 4.79 Å². The summed E-state index contributed by atoms with van der Waals surface area (Å²) < 4.78 is 32.2. The number of anilines is 1. The SMILES string of the molecule is Cc1noc(C)c1CCC(=O)Nc1cccc(S(=O)(=O)NC2CC2)c1. The van der Waals surface area contributed by atoms with Gasteiger partial charge in [0.2, 0.25) is 15.9 Å². The van der Waals surface area contributed by atoms with Gasteiger partial charge in [-0.25, -0.2) is 13.1 Å². The predicted octanol–water partition coefficient (Wildman–Crippen LogP) is 2.30. The standard InChI is InChI=1S/C17H21N3O4S/c1-11-16(12(2)24-19-11)8-9-17(21)18-14-4-3-5-15(10-14)25(22,23)20-13-6-7-13/h3-5,10,13,20H,6-9H2,1-2H3,(H,18,21). The summed E-state index contributed by atoms with van der Waals surface area (Å²) in [5.41, 5.74) is 2.17. The van der Waals surface area contributed by atoms with Crippen LogP contribution >= 0.6 is 0 Å². The van der Waals surface area contributed by atoms with Crippen LogP contribution in [-0.4, -0.2) is 25.5 Å². The lowest BCUT2D eigenvalue weighted by atomic mass is 10.1. The van der Waals surface area contributed by atoms with Crippen LogP contribution in [0.2, 0.25) is 0 Å². The van der Waals surface area contributed by atoms with Gasteiger partial charge in [0.05, 0.1) is 10.6 Å². The first-order valence-corrected chi connectivity index (χ1v) is 9.67. The molecule has 0 aliphatic heterocycles. The largest absolute Gasteiger partial charge is 0.361 e. The van der Waals surface area contributed by atoms with Gasteiger partial charge in [0.15, 0.2) is 0 Å². The molecule has 1 aromatic heterocycles. The van der Waals surface area contributed by atoms with Crippen molar-refractivity contribution < 1.29 is 17.7 Å². The molecule has 0 unspecified atom stereocenters. The number of carbonyl (C=O) groups excluding carboxylic acids is 1. The summed E-state index contributed by atoms with van der Waals surface area (Å²) in [7, 11) is -3.54. The van der Waals surface area contributed by atoms with E-state index in [2.05, 4.69) is 15.2 Å². The third-order valence-electron chi connectivity index (χ3n) is 4.11. The van der Waals surface area contributed by atoms with E-state index in [4.69, 9.17) is 4.52 Å². The maximum atomic E-state index is 12.2. The highest BCUT2D eigenvalue weighted by atomic mass is 32.2. The number of carbonyl (C=O) groups is 1. The van der Waals surface area contributed by atoms with Crippen LogP contribution in [0.3, 0.4) is 0 Å². The molecule has 1 aliphatic rings. The fourth-order valence-corrected chi connectivity index (χ4v) is 3.90. The summed E-state index contributed by atoms with van der Waals surface area (Å²) in [6.45, 7) is 3.65. The molecule has 7 nitrogen and oxygen atoms in total. The summed E-state index contributed by atoms with van der Waals surface area (Å²) >= 11 is 0. The minimum atomic E-state index is -3.54. The van der Waals surface area contributed by atoms with Gasteiger partial charge in [-0.2, -0.15) is 0 Å². The average molecular weight is 363 g/mol. The third kappa shape index (κ3) is 4.46. The molecule has 0 spiro atoms. The van der Waals surface area contributed by atoms with E-state index in [1.807, 2.05) is 13.8 Å². The van der Waals surface area contributed by atoms with Gasteiger partial charge < -0.3 is 9.84 Å². The molecule has 2 N–H and O–H groups in total. The Kier molecular flexibility index (Phi) is 4.91. The van der Waals surface area contributed by atoms with E-state index in [1.54, 1.807) is 12.1 Å². The van der Waals surface area contributed by atoms with Gasteiger partial charge in [0, 0.05) is 23.7 Å². The Morgan fingerprint density at radius 3 is 2.72 bits per heavy atom. The Morgan fingerprint density at radius 1 is 1.32 bits per heavy atom. The van der Waals surface area contributed by atoms with E-state index in [1.165, 1.54) is 12.1 Å². The average Bonchev–Trinajstić information content (AvgIpc) is 3.30. The van der Waals surface area contributed by atoms with Crippen molar-refractivity contribution in [2.45, 2.75) is 50.5 Å². The number of rotatable bonds is 7. The highest BCUT2D eigenvalue weighted by molar-refractivity contribution is 7.89. The number of hydrogen-bond donors (Lipinski definition) is 2. The Bertz CT molecular complexity index is 866. The minimum absolute atomic E-state index is 0.0401. The molecule has 0 atom stereocenters. The molecule has 1 amide bonds. The molecule has 2 aromatic rings. The summed E-state index contributed by atoms with van der Waals surface area (Å²) in [5.74, 6) is 0.522. The molecule has 1 aliphatic carbocycles. The van der Waals surface area contributed by atoms with E-state index in [9.17, 15) is 13.2 Å². The van der Waals surface area contributed by atoms with Crippen LogP contribution in [0.5, 0.6) is 0 Å². The minimum Gasteiger partial charge on any atom is -0.361 e. The van der Waals surface area contributed by atoms with Crippen molar-refractivity contribution in [1.82, 2.24) is 9.88 Å². The Labute approximate surface area is 146 Å². The molecule has 1 heterocycles. The molecule has 0 bridgehead atoms. The number of aryl methyl sites for hydroxylation is 2. The maximum absolute atomic E-state index is 12.2. The quantitative estimate of drug-likeness (QED) is 0.786. The van der Waals surface area contributed by atoms with Crippen LogP contribution in [0.15, 0.2) is 33.7 Å². The van der Waals surface area contributed by atoms with Crippen LogP contribution < -0.4 is 10.0 Å². The topological polar surface area (TPSA) is 101 Å². The number of hydrogen-bond acceptors (Lipinski definition) is 5. The highest BCUT2D eigenvalue weighted by Crippen LogP contribution is 2.23. The zero-order chi connectivity index (χ0) is 18.0. The van der Waals surface area contributed by atoms with Crippen molar-refractivity contribution in [3.63, 3.8) is 0 Å². The van der Waals surface area contributed by atoms with Crippen LogP contribution in [0.1, 0.15) is 36.3 Å². The lowest BCUT2D eigenvalue weighted by Gasteiger charge is -2.09. The van der Waals surface area contributed by atoms with Crippen LogP contribution in [0.4, 0.5) is 5.69 Å². The van der Waals surface area contributed by atoms with Crippen LogP contribution in [-0.2, 0) is 21.2 Å². The van der Waals surface area contributed by atoms with Gasteiger partial charge in [-0.05, 0) is 51.3 Å². The Morgan fingerprint density at radius 2 is 2.08 bits per heavy atom. The Hall–Kier alpha value is -2.19. The first-order valence-electron chi connectivity index (χ1n) is 8.19. The van der Waals surface area contributed by atoms with Crippen molar-refractivity contribution in [3.05, 3.63) is 41.3 Å². The second-order valence-corrected chi connectivity index (χ2v) is 7.99. The molecular formula is C17H21N3O4S. The molecular weight excluding hydrogens is 342 g/mol. The molecule has 8 heteroatoms. The van der Waals surface area contributed by atoms with Crippen molar-refractivity contribution in [1.29, 1.82) is 0 Å². The van der Waals surface area contributed by atoms with Gasteiger partial charge in [0.1, 0.15) is 5.76 Å². The van der Waals surface area contributed by atoms with E-state index >= 15 is 0 Å². The summed E-state index contributed by atoms with van der Waals surface area (Å²) in [4.78, 5) is 12.3. The lowest BCUT2D eigenvalue weighted by molar-refractivity contribution is -0.116. The summed E-state index contributed by atoms with van der Waals surface area (Å²) in [5, 5.41) is 6.61. The lowest BCUT2D eigenvalue weighted by Crippen LogP contribution is -2.25. The van der Waals surface area contributed by atoms with Crippen molar-refractivity contribution in [2.75, 3.05) is 5.32 Å². The fourth-order valence-electron chi connectivity index (χ4n) is 2.55. The number of aromatic nitrogens is 1. The molecule has 1 saturated carbocycles. The van der Waals surface area contributed by atoms with Gasteiger partial charge in [-0.15, -0.1) is 0 Å². The fraction of sp³-hybridized carbons (Fsp3) is 0.412. The van der Waals surface area contributed by atoms with Gasteiger partial charge in [0.25, 0.3) is 0 Å². The van der Waals surface area contributed by atoms with Crippen LogP contribution in [0.25, 0.3) is 0 Å². The predicted molar refractivity (Wildman–Crippen MR) is 92.7 cm³/mol. The van der Waals surface area contributed by atoms with Crippen LogP contribution in [0, 0.1) is 13.8 Å². The Balaban J connectivity index is 1.62. The van der Waals surface area contributed by atoms with E-state index < -0.39 is 10.0 Å². The maximum Gasteiger partial charge on any atom is 0.240 e. The van der Waals surface area contributed by atoms with E-state index in [-0.39, 0.29) is 23.3 Å². The normalized spacial score (nSPS) is 14.5. The molecule has 3 rings (SSSR count). The van der Waals surface area contributed by atoms with E-state index in [0.29, 0.717) is 17.9 Å². The molecule has 0 saturated heterocycles. The monoisotopic (exact) mass is 363 g/mol. The zero-order valence-corrected chi connectivity index (χ0v) is 15.0. The summed E-state index contributed by atoms with van der Waals surface area (Å²) in [6, 6.07) is 6.32.